The molecule has 0 fully saturated rings. The summed E-state index contributed by atoms with van der Waals surface area (Å²) >= 11 is 0. The molecular weight excluding hydrogens is 362 g/mol. The largest absolute Gasteiger partial charge is 0.546 e. The summed E-state index contributed by atoms with van der Waals surface area (Å²) in [7, 11) is 6.89. The molecule has 0 aromatic rings. The molecule has 0 aromatic heterocycles. The van der Waals surface area contributed by atoms with Gasteiger partial charge in [-0.3, -0.25) is 0 Å². The quantitative estimate of drug-likeness (QED) is 0.105. The first-order chi connectivity index (χ1) is 13.8. The number of carbonyl (C=O) groups is 1. The number of carbonyl (C=O) groups excluding carboxylic acids is 1. The SMILES string of the molecule is C=CCOC(=O)[O-].CCCCCCCCCCCCCCCCCC[N+](C)(C)C. The lowest BCUT2D eigenvalue weighted by Crippen LogP contribution is -2.35. The van der Waals surface area contributed by atoms with Crippen molar-refractivity contribution in [3.8, 4) is 0 Å². The molecule has 0 spiro atoms. The molecule has 0 rings (SSSR count). The van der Waals surface area contributed by atoms with E-state index < -0.39 is 6.16 Å². The van der Waals surface area contributed by atoms with Crippen LogP contribution in [0.3, 0.4) is 0 Å². The van der Waals surface area contributed by atoms with Gasteiger partial charge in [0.2, 0.25) is 0 Å². The molecule has 0 saturated carbocycles. The van der Waals surface area contributed by atoms with Crippen LogP contribution in [0.5, 0.6) is 0 Å². The van der Waals surface area contributed by atoms with E-state index in [9.17, 15) is 9.90 Å². The van der Waals surface area contributed by atoms with E-state index in [0.717, 1.165) is 4.48 Å². The first-order valence-electron chi connectivity index (χ1n) is 12.1. The van der Waals surface area contributed by atoms with Gasteiger partial charge < -0.3 is 19.1 Å². The highest BCUT2D eigenvalue weighted by atomic mass is 16.7. The van der Waals surface area contributed by atoms with Gasteiger partial charge >= 0.3 is 0 Å². The van der Waals surface area contributed by atoms with E-state index in [4.69, 9.17) is 0 Å². The molecule has 0 bridgehead atoms. The Morgan fingerprint density at radius 3 is 1.34 bits per heavy atom. The van der Waals surface area contributed by atoms with Crippen molar-refractivity contribution in [3.63, 3.8) is 0 Å². The standard InChI is InChI=1S/C21H46N.C4H6O3/c1-5-6-7-8-9-10-11-12-13-14-15-16-17-18-19-20-21-22(2,3)4;1-2-3-7-4(5)6/h5-21H2,1-4H3;2H,1,3H2,(H,5,6)/q+1;/p-1. The van der Waals surface area contributed by atoms with Crippen molar-refractivity contribution in [3.05, 3.63) is 12.7 Å². The van der Waals surface area contributed by atoms with Crippen LogP contribution in [0, 0.1) is 0 Å². The monoisotopic (exact) mass is 413 g/mol. The number of unbranched alkanes of at least 4 members (excludes halogenated alkanes) is 15. The predicted molar refractivity (Wildman–Crippen MR) is 124 cm³/mol. The second kappa shape index (κ2) is 23.3. The minimum Gasteiger partial charge on any atom is -0.546 e. The second-order valence-corrected chi connectivity index (χ2v) is 9.17. The number of ether oxygens (including phenoxy) is 1. The summed E-state index contributed by atoms with van der Waals surface area (Å²) in [5.41, 5.74) is 0. The van der Waals surface area contributed by atoms with Crippen LogP contribution in [0.15, 0.2) is 12.7 Å². The van der Waals surface area contributed by atoms with E-state index in [0.29, 0.717) is 0 Å². The Balaban J connectivity index is 0. The van der Waals surface area contributed by atoms with Crippen molar-refractivity contribution in [2.24, 2.45) is 0 Å². The van der Waals surface area contributed by atoms with Crippen molar-refractivity contribution in [1.82, 2.24) is 0 Å². The minimum atomic E-state index is -1.51. The molecule has 0 aromatic carbocycles. The zero-order chi connectivity index (χ0) is 22.2. The molecule has 0 radical (unpaired) electrons. The van der Waals surface area contributed by atoms with E-state index in [2.05, 4.69) is 39.4 Å². The van der Waals surface area contributed by atoms with Crippen LogP contribution in [-0.2, 0) is 4.74 Å². The smallest absolute Gasteiger partial charge is 0.252 e. The molecule has 0 N–H and O–H groups in total. The highest BCUT2D eigenvalue weighted by molar-refractivity contribution is 5.54. The van der Waals surface area contributed by atoms with Gasteiger partial charge in [0.15, 0.2) is 0 Å². The lowest BCUT2D eigenvalue weighted by atomic mass is 10.0. The van der Waals surface area contributed by atoms with Gasteiger partial charge in [-0.25, -0.2) is 0 Å². The summed E-state index contributed by atoms with van der Waals surface area (Å²) in [5.74, 6) is 0. The number of quaternary nitrogens is 1. The van der Waals surface area contributed by atoms with Gasteiger partial charge in [-0.05, 0) is 12.8 Å². The van der Waals surface area contributed by atoms with Crippen LogP contribution in [0.2, 0.25) is 0 Å². The number of carboxylic acid groups (broad SMARTS) is 1. The fourth-order valence-corrected chi connectivity index (χ4v) is 3.26. The van der Waals surface area contributed by atoms with E-state index in [-0.39, 0.29) is 6.61 Å². The Morgan fingerprint density at radius 2 is 1.10 bits per heavy atom. The van der Waals surface area contributed by atoms with Gasteiger partial charge in [-0.1, -0.05) is 103 Å². The molecule has 0 aliphatic carbocycles. The van der Waals surface area contributed by atoms with Gasteiger partial charge in [0.25, 0.3) is 6.16 Å². The van der Waals surface area contributed by atoms with E-state index in [1.165, 1.54) is 115 Å². The van der Waals surface area contributed by atoms with E-state index >= 15 is 0 Å². The Hall–Kier alpha value is -1.03. The van der Waals surface area contributed by atoms with Crippen molar-refractivity contribution in [1.29, 1.82) is 0 Å². The number of nitrogens with zero attached hydrogens (tertiary/aromatic N) is 1. The van der Waals surface area contributed by atoms with Crippen molar-refractivity contribution < 1.29 is 19.1 Å². The number of hydrogen-bond acceptors (Lipinski definition) is 3. The van der Waals surface area contributed by atoms with Crippen molar-refractivity contribution in [2.45, 2.75) is 110 Å². The molecule has 0 saturated heterocycles. The molecule has 4 nitrogen and oxygen atoms in total. The Kier molecular flexibility index (Phi) is 24.2. The zero-order valence-corrected chi connectivity index (χ0v) is 20.2. The van der Waals surface area contributed by atoms with Crippen LogP contribution in [0.25, 0.3) is 0 Å². The molecule has 0 heterocycles. The van der Waals surface area contributed by atoms with Crippen LogP contribution in [0.1, 0.15) is 110 Å². The Labute approximate surface area is 182 Å². The summed E-state index contributed by atoms with van der Waals surface area (Å²) in [6.45, 7) is 6.85. The summed E-state index contributed by atoms with van der Waals surface area (Å²) in [6.07, 6.45) is 23.2. The molecule has 4 heteroatoms. The molecule has 0 atom stereocenters. The molecule has 0 aliphatic rings. The van der Waals surface area contributed by atoms with E-state index in [1.807, 2.05) is 0 Å². The van der Waals surface area contributed by atoms with Crippen LogP contribution < -0.4 is 5.11 Å². The molecule has 0 aliphatic heterocycles. The lowest BCUT2D eigenvalue weighted by Gasteiger charge is -2.23. The molecular formula is C25H51NO3. The average molecular weight is 414 g/mol. The van der Waals surface area contributed by atoms with Crippen LogP contribution in [0.4, 0.5) is 4.79 Å². The molecule has 0 amide bonds. The van der Waals surface area contributed by atoms with Gasteiger partial charge in [-0.15, -0.1) is 6.58 Å². The van der Waals surface area contributed by atoms with Gasteiger partial charge in [0, 0.05) is 6.61 Å². The first kappa shape index (κ1) is 30.2. The second-order valence-electron chi connectivity index (χ2n) is 9.17. The third kappa shape index (κ3) is 34.8. The highest BCUT2D eigenvalue weighted by Crippen LogP contribution is 2.13. The number of rotatable bonds is 19. The third-order valence-electron chi connectivity index (χ3n) is 5.00. The van der Waals surface area contributed by atoms with Gasteiger partial charge in [0.05, 0.1) is 27.7 Å². The third-order valence-corrected chi connectivity index (χ3v) is 5.00. The summed E-state index contributed by atoms with van der Waals surface area (Å²) in [4.78, 5) is 9.38. The first-order valence-corrected chi connectivity index (χ1v) is 12.1. The molecule has 174 valence electrons. The molecule has 29 heavy (non-hydrogen) atoms. The summed E-state index contributed by atoms with van der Waals surface area (Å²) < 4.78 is 5.00. The maximum Gasteiger partial charge on any atom is 0.252 e. The normalized spacial score (nSPS) is 10.9. The van der Waals surface area contributed by atoms with Crippen LogP contribution in [-0.4, -0.2) is 44.9 Å². The fraction of sp³-hybridized carbons (Fsp3) is 0.880. The Bertz CT molecular complexity index is 350. The average Bonchev–Trinajstić information content (AvgIpc) is 2.65. The van der Waals surface area contributed by atoms with Gasteiger partial charge in [-0.2, -0.15) is 0 Å². The maximum absolute atomic E-state index is 9.38. The minimum absolute atomic E-state index is 0.00231. The van der Waals surface area contributed by atoms with Gasteiger partial charge in [0.1, 0.15) is 0 Å². The highest BCUT2D eigenvalue weighted by Gasteiger charge is 2.04. The van der Waals surface area contributed by atoms with Crippen LogP contribution >= 0.6 is 0 Å². The lowest BCUT2D eigenvalue weighted by molar-refractivity contribution is -0.870. The number of hydrogen-bond donors (Lipinski definition) is 0. The summed E-state index contributed by atoms with van der Waals surface area (Å²) in [5, 5.41) is 9.38. The Morgan fingerprint density at radius 1 is 0.759 bits per heavy atom. The predicted octanol–water partition coefficient (Wildman–Crippen LogP) is 6.49. The van der Waals surface area contributed by atoms with E-state index in [1.54, 1.807) is 0 Å². The summed E-state index contributed by atoms with van der Waals surface area (Å²) in [6, 6.07) is 0. The van der Waals surface area contributed by atoms with Crippen molar-refractivity contribution >= 4 is 6.16 Å². The molecule has 0 unspecified atom stereocenters. The maximum atomic E-state index is 9.38. The fourth-order valence-electron chi connectivity index (χ4n) is 3.26. The zero-order valence-electron chi connectivity index (χ0n) is 20.2. The van der Waals surface area contributed by atoms with Crippen molar-refractivity contribution in [2.75, 3.05) is 34.3 Å². The topological polar surface area (TPSA) is 49.4 Å².